The normalized spacial score (nSPS) is 11.7. The number of benzene rings is 2. The van der Waals surface area contributed by atoms with Crippen LogP contribution in [0.2, 0.25) is 0 Å². The van der Waals surface area contributed by atoms with E-state index in [0.29, 0.717) is 22.8 Å². The fourth-order valence-electron chi connectivity index (χ4n) is 2.31. The van der Waals surface area contributed by atoms with Crippen LogP contribution in [0.25, 0.3) is 0 Å². The van der Waals surface area contributed by atoms with Crippen molar-refractivity contribution < 1.29 is 19.0 Å². The molecule has 0 spiro atoms. The lowest BCUT2D eigenvalue weighted by Crippen LogP contribution is -2.35. The molecule has 2 N–H and O–H groups in total. The monoisotopic (exact) mass is 435 g/mol. The van der Waals surface area contributed by atoms with Crippen molar-refractivity contribution in [1.82, 2.24) is 5.43 Å². The van der Waals surface area contributed by atoms with Crippen LogP contribution in [0.1, 0.15) is 12.5 Å². The molecule has 2 aromatic rings. The number of hydrogen-bond acceptors (Lipinski definition) is 6. The predicted molar refractivity (Wildman–Crippen MR) is 109 cm³/mol. The van der Waals surface area contributed by atoms with Crippen LogP contribution in [0.5, 0.6) is 17.2 Å². The molecule has 0 saturated heterocycles. The maximum absolute atomic E-state index is 12.3. The first-order valence-electron chi connectivity index (χ1n) is 8.14. The molecule has 0 heterocycles. The summed E-state index contributed by atoms with van der Waals surface area (Å²) in [6.45, 7) is 1.74. The van der Waals surface area contributed by atoms with Gasteiger partial charge in [-0.1, -0.05) is 12.1 Å². The molecule has 144 valence electrons. The lowest BCUT2D eigenvalue weighted by atomic mass is 10.2. The Kier molecular flexibility index (Phi) is 7.48. The largest absolute Gasteiger partial charge is 0.496 e. The van der Waals surface area contributed by atoms with Gasteiger partial charge in [0.1, 0.15) is 23.3 Å². The number of hydrazone groups is 1. The summed E-state index contributed by atoms with van der Waals surface area (Å²) in [5, 5.41) is 7.11. The van der Waals surface area contributed by atoms with Gasteiger partial charge in [0.05, 0.1) is 37.7 Å². The minimum absolute atomic E-state index is 0.288. The zero-order valence-electron chi connectivity index (χ0n) is 15.6. The summed E-state index contributed by atoms with van der Waals surface area (Å²) in [4.78, 5) is 12.3. The highest BCUT2D eigenvalue weighted by Gasteiger charge is 2.14. The Labute approximate surface area is 166 Å². The molecule has 0 saturated carbocycles. The van der Waals surface area contributed by atoms with Crippen LogP contribution in [0.4, 0.5) is 5.69 Å². The number of nitrogens with zero attached hydrogens (tertiary/aromatic N) is 1. The topological polar surface area (TPSA) is 81.2 Å². The molecular formula is C19H22BrN3O4. The van der Waals surface area contributed by atoms with E-state index in [-0.39, 0.29) is 5.91 Å². The molecular weight excluding hydrogens is 414 g/mol. The highest BCUT2D eigenvalue weighted by atomic mass is 79.9. The van der Waals surface area contributed by atoms with Crippen LogP contribution in [0, 0.1) is 0 Å². The SMILES string of the molecule is COc1cc(OC)c(/C=N\NC(=O)[C@@H](C)Nc2ccccc2OC)cc1Br. The van der Waals surface area contributed by atoms with Gasteiger partial charge in [0, 0.05) is 11.6 Å². The summed E-state index contributed by atoms with van der Waals surface area (Å²) < 4.78 is 16.6. The van der Waals surface area contributed by atoms with Crippen molar-refractivity contribution in [3.63, 3.8) is 0 Å². The van der Waals surface area contributed by atoms with E-state index < -0.39 is 6.04 Å². The van der Waals surface area contributed by atoms with Crippen molar-refractivity contribution in [3.05, 3.63) is 46.4 Å². The van der Waals surface area contributed by atoms with Gasteiger partial charge in [-0.25, -0.2) is 5.43 Å². The van der Waals surface area contributed by atoms with Crippen molar-refractivity contribution in [3.8, 4) is 17.2 Å². The van der Waals surface area contributed by atoms with Gasteiger partial charge in [-0.05, 0) is 41.1 Å². The van der Waals surface area contributed by atoms with E-state index in [1.807, 2.05) is 24.3 Å². The molecule has 0 radical (unpaired) electrons. The van der Waals surface area contributed by atoms with Crippen LogP contribution in [0.15, 0.2) is 46.0 Å². The van der Waals surface area contributed by atoms with Crippen LogP contribution in [0.3, 0.4) is 0 Å². The van der Waals surface area contributed by atoms with Crippen molar-refractivity contribution >= 4 is 33.7 Å². The zero-order chi connectivity index (χ0) is 19.8. The van der Waals surface area contributed by atoms with Gasteiger partial charge in [-0.3, -0.25) is 4.79 Å². The van der Waals surface area contributed by atoms with E-state index in [1.54, 1.807) is 40.4 Å². The van der Waals surface area contributed by atoms with E-state index in [4.69, 9.17) is 14.2 Å². The van der Waals surface area contributed by atoms with E-state index in [0.717, 1.165) is 10.2 Å². The van der Waals surface area contributed by atoms with Gasteiger partial charge < -0.3 is 19.5 Å². The number of hydrogen-bond donors (Lipinski definition) is 2. The van der Waals surface area contributed by atoms with Crippen LogP contribution in [-0.4, -0.2) is 39.5 Å². The molecule has 2 rings (SSSR count). The molecule has 1 amide bonds. The van der Waals surface area contributed by atoms with Gasteiger partial charge in [-0.2, -0.15) is 5.10 Å². The van der Waals surface area contributed by atoms with Gasteiger partial charge >= 0.3 is 0 Å². The Morgan fingerprint density at radius 2 is 1.74 bits per heavy atom. The lowest BCUT2D eigenvalue weighted by Gasteiger charge is -2.16. The first kappa shape index (κ1) is 20.6. The van der Waals surface area contributed by atoms with Gasteiger partial charge in [-0.15, -0.1) is 0 Å². The molecule has 0 aromatic heterocycles. The second kappa shape index (κ2) is 9.82. The molecule has 0 aliphatic heterocycles. The van der Waals surface area contributed by atoms with Gasteiger partial charge in [0.15, 0.2) is 0 Å². The van der Waals surface area contributed by atoms with Crippen molar-refractivity contribution in [2.45, 2.75) is 13.0 Å². The molecule has 0 aliphatic carbocycles. The third-order valence-electron chi connectivity index (χ3n) is 3.75. The Balaban J connectivity index is 2.03. The van der Waals surface area contributed by atoms with E-state index >= 15 is 0 Å². The molecule has 2 aromatic carbocycles. The van der Waals surface area contributed by atoms with Gasteiger partial charge in [0.2, 0.25) is 0 Å². The quantitative estimate of drug-likeness (QED) is 0.490. The lowest BCUT2D eigenvalue weighted by molar-refractivity contribution is -0.121. The number of halogens is 1. The first-order valence-corrected chi connectivity index (χ1v) is 8.93. The standard InChI is InChI=1S/C19H22BrN3O4/c1-12(22-15-7-5-6-8-16(15)25-2)19(24)23-21-11-13-9-14(20)18(27-4)10-17(13)26-3/h5-12,22H,1-4H3,(H,23,24)/b21-11-/t12-/m1/s1. The van der Waals surface area contributed by atoms with E-state index in [9.17, 15) is 4.79 Å². The minimum atomic E-state index is -0.511. The summed E-state index contributed by atoms with van der Waals surface area (Å²) in [5.41, 5.74) is 3.93. The number of rotatable bonds is 8. The fourth-order valence-corrected chi connectivity index (χ4v) is 2.83. The second-order valence-electron chi connectivity index (χ2n) is 5.53. The number of ether oxygens (including phenoxy) is 3. The number of anilines is 1. The fraction of sp³-hybridized carbons (Fsp3) is 0.263. The highest BCUT2D eigenvalue weighted by molar-refractivity contribution is 9.10. The average Bonchev–Trinajstić information content (AvgIpc) is 2.68. The van der Waals surface area contributed by atoms with Crippen molar-refractivity contribution in [2.75, 3.05) is 26.6 Å². The molecule has 0 unspecified atom stereocenters. The first-order chi connectivity index (χ1) is 13.0. The Hall–Kier alpha value is -2.74. The number of amides is 1. The van der Waals surface area contributed by atoms with Gasteiger partial charge in [0.25, 0.3) is 5.91 Å². The van der Waals surface area contributed by atoms with Crippen molar-refractivity contribution in [1.29, 1.82) is 0 Å². The number of carbonyl (C=O) groups is 1. The Morgan fingerprint density at radius 3 is 2.41 bits per heavy atom. The molecule has 0 aliphatic rings. The zero-order valence-corrected chi connectivity index (χ0v) is 17.2. The summed E-state index contributed by atoms with van der Waals surface area (Å²) in [7, 11) is 4.71. The summed E-state index contributed by atoms with van der Waals surface area (Å²) in [6.07, 6.45) is 1.51. The second-order valence-corrected chi connectivity index (χ2v) is 6.38. The number of para-hydroxylation sites is 2. The number of methoxy groups -OCH3 is 3. The summed E-state index contributed by atoms with van der Waals surface area (Å²) in [5.74, 6) is 1.59. The predicted octanol–water partition coefficient (Wildman–Crippen LogP) is 3.43. The smallest absolute Gasteiger partial charge is 0.262 e. The summed E-state index contributed by atoms with van der Waals surface area (Å²) >= 11 is 3.41. The molecule has 27 heavy (non-hydrogen) atoms. The third-order valence-corrected chi connectivity index (χ3v) is 4.37. The number of nitrogens with one attached hydrogen (secondary N) is 2. The maximum atomic E-state index is 12.3. The Bertz CT molecular complexity index is 827. The molecule has 8 heteroatoms. The third kappa shape index (κ3) is 5.37. The average molecular weight is 436 g/mol. The molecule has 0 bridgehead atoms. The minimum Gasteiger partial charge on any atom is -0.496 e. The van der Waals surface area contributed by atoms with Crippen LogP contribution >= 0.6 is 15.9 Å². The van der Waals surface area contributed by atoms with Crippen LogP contribution < -0.4 is 25.0 Å². The molecule has 7 nitrogen and oxygen atoms in total. The van der Waals surface area contributed by atoms with Crippen molar-refractivity contribution in [2.24, 2.45) is 5.10 Å². The summed E-state index contributed by atoms with van der Waals surface area (Å²) in [6, 6.07) is 10.4. The van der Waals surface area contributed by atoms with E-state index in [2.05, 4.69) is 31.8 Å². The molecule has 1 atom stereocenters. The van der Waals surface area contributed by atoms with E-state index in [1.165, 1.54) is 6.21 Å². The maximum Gasteiger partial charge on any atom is 0.262 e. The van der Waals surface area contributed by atoms with Crippen LogP contribution in [-0.2, 0) is 4.79 Å². The highest BCUT2D eigenvalue weighted by Crippen LogP contribution is 2.32. The molecule has 0 fully saturated rings. The number of carbonyl (C=O) groups excluding carboxylic acids is 1. The Morgan fingerprint density at radius 1 is 1.07 bits per heavy atom.